The lowest BCUT2D eigenvalue weighted by Gasteiger charge is -2.13. The lowest BCUT2D eigenvalue weighted by molar-refractivity contribution is 0.0386. The molecule has 0 amide bonds. The Bertz CT molecular complexity index is 697. The fourth-order valence-corrected chi connectivity index (χ4v) is 2.81. The summed E-state index contributed by atoms with van der Waals surface area (Å²) < 4.78 is 19.6. The predicted octanol–water partition coefficient (Wildman–Crippen LogP) is 4.35. The summed E-state index contributed by atoms with van der Waals surface area (Å²) in [6.07, 6.45) is 0.148. The van der Waals surface area contributed by atoms with Crippen LogP contribution >= 0.6 is 15.9 Å². The Labute approximate surface area is 124 Å². The van der Waals surface area contributed by atoms with Gasteiger partial charge >= 0.3 is 5.97 Å². The van der Waals surface area contributed by atoms with Gasteiger partial charge in [0.05, 0.1) is 5.56 Å². The van der Waals surface area contributed by atoms with Gasteiger partial charge < -0.3 is 4.74 Å². The molecule has 2 aromatic carbocycles. The Morgan fingerprint density at radius 2 is 2.05 bits per heavy atom. The third-order valence-corrected chi connectivity index (χ3v) is 4.04. The van der Waals surface area contributed by atoms with Crippen LogP contribution in [0.25, 0.3) is 0 Å². The van der Waals surface area contributed by atoms with Crippen molar-refractivity contribution in [1.29, 1.82) is 0 Å². The van der Waals surface area contributed by atoms with Gasteiger partial charge in [-0.2, -0.15) is 0 Å². The number of esters is 1. The lowest BCUT2D eigenvalue weighted by atomic mass is 9.97. The normalized spacial score (nSPS) is 16.9. The van der Waals surface area contributed by atoms with Crippen LogP contribution in [-0.2, 0) is 11.2 Å². The van der Waals surface area contributed by atoms with Gasteiger partial charge in [-0.3, -0.25) is 0 Å². The molecular formula is C16H12BrFO2. The molecule has 0 aliphatic carbocycles. The molecule has 2 nitrogen and oxygen atoms in total. The zero-order chi connectivity index (χ0) is 14.3. The fraction of sp³-hybridized carbons (Fsp3) is 0.188. The molecule has 1 heterocycles. The number of hydrogen-bond donors (Lipinski definition) is 0. The molecule has 4 heteroatoms. The van der Waals surface area contributed by atoms with Crippen LogP contribution in [0.5, 0.6) is 0 Å². The third-order valence-electron chi connectivity index (χ3n) is 3.55. The summed E-state index contributed by atoms with van der Waals surface area (Å²) in [7, 11) is 0. The highest BCUT2D eigenvalue weighted by Gasteiger charge is 2.31. The zero-order valence-electron chi connectivity index (χ0n) is 10.8. The molecule has 0 bridgehead atoms. The highest BCUT2D eigenvalue weighted by Crippen LogP contribution is 2.35. The molecule has 0 saturated carbocycles. The fourth-order valence-electron chi connectivity index (χ4n) is 2.45. The van der Waals surface area contributed by atoms with Gasteiger partial charge in [0, 0.05) is 16.5 Å². The number of fused-ring (bicyclic) bond motifs is 1. The van der Waals surface area contributed by atoms with Crippen molar-refractivity contribution in [2.75, 3.05) is 0 Å². The number of carbonyl (C=O) groups excluding carboxylic acids is 1. The summed E-state index contributed by atoms with van der Waals surface area (Å²) in [6.45, 7) is 1.92. The Morgan fingerprint density at radius 3 is 2.85 bits per heavy atom. The molecule has 20 heavy (non-hydrogen) atoms. The van der Waals surface area contributed by atoms with E-state index in [9.17, 15) is 9.18 Å². The minimum Gasteiger partial charge on any atom is -0.454 e. The number of halogens is 2. The molecule has 0 N–H and O–H groups in total. The minimum atomic E-state index is -0.342. The molecule has 0 saturated heterocycles. The predicted molar refractivity (Wildman–Crippen MR) is 77.1 cm³/mol. The summed E-state index contributed by atoms with van der Waals surface area (Å²) in [5.41, 5.74) is 3.30. The molecule has 0 spiro atoms. The molecule has 1 aliphatic rings. The highest BCUT2D eigenvalue weighted by atomic mass is 79.9. The van der Waals surface area contributed by atoms with Crippen molar-refractivity contribution in [3.63, 3.8) is 0 Å². The van der Waals surface area contributed by atoms with Crippen molar-refractivity contribution >= 4 is 21.9 Å². The Morgan fingerprint density at radius 1 is 1.25 bits per heavy atom. The lowest BCUT2D eigenvalue weighted by Crippen LogP contribution is -2.04. The van der Waals surface area contributed by atoms with Crippen molar-refractivity contribution in [2.24, 2.45) is 0 Å². The number of benzene rings is 2. The van der Waals surface area contributed by atoms with Gasteiger partial charge in [0.25, 0.3) is 0 Å². The maximum Gasteiger partial charge on any atom is 0.339 e. The monoisotopic (exact) mass is 334 g/mol. The summed E-state index contributed by atoms with van der Waals surface area (Å²) in [6, 6.07) is 10.2. The number of ether oxygens (including phenoxy) is 1. The summed E-state index contributed by atoms with van der Waals surface area (Å²) in [5, 5.41) is 0. The van der Waals surface area contributed by atoms with Gasteiger partial charge in [-0.15, -0.1) is 0 Å². The zero-order valence-corrected chi connectivity index (χ0v) is 12.4. The second-order valence-electron chi connectivity index (χ2n) is 4.90. The van der Waals surface area contributed by atoms with Crippen LogP contribution in [0.3, 0.4) is 0 Å². The first-order valence-electron chi connectivity index (χ1n) is 6.30. The molecule has 0 radical (unpaired) electrons. The van der Waals surface area contributed by atoms with Crippen LogP contribution in [0.15, 0.2) is 40.9 Å². The number of hydrogen-bond acceptors (Lipinski definition) is 2. The largest absolute Gasteiger partial charge is 0.454 e. The second kappa shape index (κ2) is 5.02. The number of carbonyl (C=O) groups is 1. The number of rotatable bonds is 2. The molecule has 1 atom stereocenters. The third kappa shape index (κ3) is 2.36. The van der Waals surface area contributed by atoms with Crippen molar-refractivity contribution in [3.8, 4) is 0 Å². The molecule has 1 aliphatic heterocycles. The first kappa shape index (κ1) is 13.3. The topological polar surface area (TPSA) is 26.3 Å². The van der Waals surface area contributed by atoms with Crippen molar-refractivity contribution in [2.45, 2.75) is 19.4 Å². The van der Waals surface area contributed by atoms with Gasteiger partial charge in [-0.1, -0.05) is 28.1 Å². The van der Waals surface area contributed by atoms with Gasteiger partial charge in [-0.05, 0) is 42.3 Å². The maximum absolute atomic E-state index is 13.3. The van der Waals surface area contributed by atoms with Gasteiger partial charge in [0.15, 0.2) is 0 Å². The van der Waals surface area contributed by atoms with Crippen molar-refractivity contribution in [3.05, 3.63) is 68.9 Å². The van der Waals surface area contributed by atoms with Crippen LogP contribution in [-0.4, -0.2) is 5.97 Å². The summed E-state index contributed by atoms with van der Waals surface area (Å²) in [4.78, 5) is 11.9. The van der Waals surface area contributed by atoms with Crippen molar-refractivity contribution < 1.29 is 13.9 Å². The van der Waals surface area contributed by atoms with E-state index in [4.69, 9.17) is 4.74 Å². The van der Waals surface area contributed by atoms with E-state index < -0.39 is 0 Å². The Balaban J connectivity index is 1.94. The van der Waals surface area contributed by atoms with E-state index in [0.29, 0.717) is 12.0 Å². The van der Waals surface area contributed by atoms with E-state index >= 15 is 0 Å². The molecule has 1 unspecified atom stereocenters. The maximum atomic E-state index is 13.3. The molecule has 0 fully saturated rings. The first-order chi connectivity index (χ1) is 9.54. The van der Waals surface area contributed by atoms with E-state index in [1.165, 1.54) is 12.1 Å². The molecule has 102 valence electrons. The quantitative estimate of drug-likeness (QED) is 0.763. The molecule has 2 aromatic rings. The smallest absolute Gasteiger partial charge is 0.339 e. The van der Waals surface area contributed by atoms with E-state index in [0.717, 1.165) is 21.2 Å². The molecule has 3 rings (SSSR count). The van der Waals surface area contributed by atoms with Gasteiger partial charge in [0.1, 0.15) is 11.9 Å². The van der Waals surface area contributed by atoms with Crippen LogP contribution in [0.4, 0.5) is 4.39 Å². The van der Waals surface area contributed by atoms with E-state index in [1.54, 1.807) is 12.1 Å². The van der Waals surface area contributed by atoms with Gasteiger partial charge in [0.2, 0.25) is 0 Å². The number of cyclic esters (lactones) is 1. The molecule has 0 aromatic heterocycles. The minimum absolute atomic E-state index is 0.272. The van der Waals surface area contributed by atoms with Crippen LogP contribution in [0, 0.1) is 12.7 Å². The Hall–Kier alpha value is -1.68. The highest BCUT2D eigenvalue weighted by molar-refractivity contribution is 9.10. The van der Waals surface area contributed by atoms with E-state index in [2.05, 4.69) is 15.9 Å². The van der Waals surface area contributed by atoms with Crippen LogP contribution in [0.1, 0.15) is 33.2 Å². The van der Waals surface area contributed by atoms with Crippen molar-refractivity contribution in [1.82, 2.24) is 0 Å². The summed E-state index contributed by atoms with van der Waals surface area (Å²) in [5.74, 6) is -0.591. The van der Waals surface area contributed by atoms with E-state index in [-0.39, 0.29) is 17.9 Å². The average molecular weight is 335 g/mol. The van der Waals surface area contributed by atoms with Crippen LogP contribution in [0.2, 0.25) is 0 Å². The average Bonchev–Trinajstić information content (AvgIpc) is 2.70. The Kier molecular flexibility index (Phi) is 3.34. The van der Waals surface area contributed by atoms with Gasteiger partial charge in [-0.25, -0.2) is 9.18 Å². The van der Waals surface area contributed by atoms with E-state index in [1.807, 2.05) is 19.1 Å². The second-order valence-corrected chi connectivity index (χ2v) is 5.82. The van der Waals surface area contributed by atoms with Crippen LogP contribution < -0.4 is 0 Å². The summed E-state index contributed by atoms with van der Waals surface area (Å²) >= 11 is 3.34. The first-order valence-corrected chi connectivity index (χ1v) is 7.09. The SMILES string of the molecule is Cc1ccc(F)cc1CC1OC(=O)c2cc(Br)ccc21. The molecular weight excluding hydrogens is 323 g/mol. The number of aryl methyl sites for hydroxylation is 1. The standard InChI is InChI=1S/C16H12BrFO2/c1-9-2-4-12(18)6-10(9)7-15-13-5-3-11(17)8-14(13)16(19)20-15/h2-6,8,15H,7H2,1H3.